The third kappa shape index (κ3) is 4.10. The molecule has 0 amide bonds. The molecule has 0 N–H and O–H groups in total. The van der Waals surface area contributed by atoms with Crippen LogP contribution in [0.25, 0.3) is 0 Å². The molecule has 6 heteroatoms. The average molecular weight is 465 g/mol. The van der Waals surface area contributed by atoms with Crippen molar-refractivity contribution < 1.29 is 27.0 Å². The third-order valence-corrected chi connectivity index (χ3v) is 7.17. The maximum absolute atomic E-state index is 15.0. The topological polar surface area (TPSA) is 18.5 Å². The van der Waals surface area contributed by atoms with E-state index in [9.17, 15) is 17.6 Å². The first-order chi connectivity index (χ1) is 15.5. The summed E-state index contributed by atoms with van der Waals surface area (Å²) in [4.78, 5) is 0. The molecule has 2 unspecified atom stereocenters. The highest BCUT2D eigenvalue weighted by molar-refractivity contribution is 5.56. The van der Waals surface area contributed by atoms with Crippen LogP contribution in [0.15, 0.2) is 30.3 Å². The van der Waals surface area contributed by atoms with Gasteiger partial charge >= 0.3 is 0 Å². The maximum Gasteiger partial charge on any atom is 0.255 e. The Morgan fingerprint density at radius 3 is 1.94 bits per heavy atom. The Kier molecular flexibility index (Phi) is 6.17. The minimum absolute atomic E-state index is 0.136. The van der Waals surface area contributed by atoms with Gasteiger partial charge < -0.3 is 9.47 Å². The Hall–Kier alpha value is -2.24. The van der Waals surface area contributed by atoms with Gasteiger partial charge in [-0.2, -0.15) is 0 Å². The highest BCUT2D eigenvalue weighted by Crippen LogP contribution is 2.54. The molecule has 0 fully saturated rings. The molecule has 2 aromatic rings. The summed E-state index contributed by atoms with van der Waals surface area (Å²) >= 11 is 0. The van der Waals surface area contributed by atoms with E-state index >= 15 is 0 Å². The van der Waals surface area contributed by atoms with Crippen LogP contribution in [0.4, 0.5) is 17.6 Å². The molecule has 0 spiro atoms. The average Bonchev–Trinajstić information content (AvgIpc) is 2.72. The van der Waals surface area contributed by atoms with Crippen molar-refractivity contribution in [2.45, 2.75) is 77.1 Å². The van der Waals surface area contributed by atoms with Crippen LogP contribution in [0.2, 0.25) is 0 Å². The molecule has 2 aliphatic rings. The van der Waals surface area contributed by atoms with E-state index in [2.05, 4.69) is 0 Å². The quantitative estimate of drug-likeness (QED) is 0.416. The molecule has 0 saturated heterocycles. The fourth-order valence-corrected chi connectivity index (χ4v) is 5.83. The summed E-state index contributed by atoms with van der Waals surface area (Å²) in [5, 5.41) is 0. The number of ether oxygens (including phenoxy) is 2. The van der Waals surface area contributed by atoms with Gasteiger partial charge in [-0.05, 0) is 48.4 Å². The summed E-state index contributed by atoms with van der Waals surface area (Å²) in [5.41, 5.74) is 2.55. The summed E-state index contributed by atoms with van der Waals surface area (Å²) < 4.78 is 71.6. The van der Waals surface area contributed by atoms with Gasteiger partial charge in [0.1, 0.15) is 17.2 Å². The highest BCUT2D eigenvalue weighted by Gasteiger charge is 2.49. The largest absolute Gasteiger partial charge is 0.496 e. The molecule has 2 aromatic carbocycles. The van der Waals surface area contributed by atoms with E-state index in [-0.39, 0.29) is 37.5 Å². The van der Waals surface area contributed by atoms with E-state index in [0.717, 1.165) is 5.56 Å². The van der Waals surface area contributed by atoms with Crippen molar-refractivity contribution >= 4 is 0 Å². The molecule has 2 aliphatic carbocycles. The molecule has 33 heavy (non-hydrogen) atoms. The molecule has 0 radical (unpaired) electrons. The van der Waals surface area contributed by atoms with E-state index in [4.69, 9.17) is 9.47 Å². The van der Waals surface area contributed by atoms with Gasteiger partial charge in [0.05, 0.1) is 18.9 Å². The number of hydrogen-bond acceptors (Lipinski definition) is 2. The van der Waals surface area contributed by atoms with Crippen LogP contribution in [-0.4, -0.2) is 19.0 Å². The number of aryl methyl sites for hydroxylation is 1. The van der Waals surface area contributed by atoms with Gasteiger partial charge in [0.2, 0.25) is 0 Å². The van der Waals surface area contributed by atoms with Gasteiger partial charge in [0.15, 0.2) is 0 Å². The Morgan fingerprint density at radius 1 is 0.758 bits per heavy atom. The van der Waals surface area contributed by atoms with Crippen LogP contribution in [0.3, 0.4) is 0 Å². The van der Waals surface area contributed by atoms with E-state index in [1.54, 1.807) is 45.9 Å². The molecule has 2 atom stereocenters. The second-order valence-corrected chi connectivity index (χ2v) is 10.1. The van der Waals surface area contributed by atoms with Crippen LogP contribution < -0.4 is 9.47 Å². The normalized spacial score (nSPS) is 23.2. The molecule has 2 nitrogen and oxygen atoms in total. The van der Waals surface area contributed by atoms with Gasteiger partial charge in [-0.1, -0.05) is 39.8 Å². The minimum Gasteiger partial charge on any atom is -0.496 e. The molecule has 0 bridgehead atoms. The van der Waals surface area contributed by atoms with Crippen molar-refractivity contribution in [1.29, 1.82) is 0 Å². The zero-order valence-electron chi connectivity index (χ0n) is 19.9. The van der Waals surface area contributed by atoms with Gasteiger partial charge in [0.25, 0.3) is 11.8 Å². The van der Waals surface area contributed by atoms with Crippen molar-refractivity contribution in [2.24, 2.45) is 11.8 Å². The maximum atomic E-state index is 15.0. The zero-order chi connectivity index (χ0) is 24.1. The lowest BCUT2D eigenvalue weighted by atomic mass is 9.73. The van der Waals surface area contributed by atoms with Crippen molar-refractivity contribution in [1.82, 2.24) is 0 Å². The van der Waals surface area contributed by atoms with E-state index in [1.807, 2.05) is 12.1 Å². The van der Waals surface area contributed by atoms with Crippen LogP contribution in [0.1, 0.15) is 74.6 Å². The Bertz CT molecular complexity index is 1030. The highest BCUT2D eigenvalue weighted by atomic mass is 19.3. The Balaban J connectivity index is 1.84. The minimum atomic E-state index is -2.86. The van der Waals surface area contributed by atoms with Gasteiger partial charge in [0, 0.05) is 29.5 Å². The molecule has 180 valence electrons. The predicted molar refractivity (Wildman–Crippen MR) is 121 cm³/mol. The number of alkyl halides is 4. The summed E-state index contributed by atoms with van der Waals surface area (Å²) in [6.45, 7) is 7.16. The molecule has 0 aromatic heterocycles. The standard InChI is InChI=1S/C27H32F4O2/c1-15(2)24-22-17(11-13-26(24,28)29)7-6-8-21(22)33-19-9-10-20(32-5)23-18(19)12-14-27(30,31)25(23)16(3)4/h6-10,15-16,24-25H,11-14H2,1-5H3. The summed E-state index contributed by atoms with van der Waals surface area (Å²) in [6, 6.07) is 8.77. The molecule has 0 aliphatic heterocycles. The lowest BCUT2D eigenvalue weighted by Crippen LogP contribution is -2.36. The molecule has 0 saturated carbocycles. The Morgan fingerprint density at radius 2 is 1.33 bits per heavy atom. The number of fused-ring (bicyclic) bond motifs is 2. The number of benzene rings is 2. The van der Waals surface area contributed by atoms with E-state index in [1.165, 1.54) is 7.11 Å². The molecular formula is C27H32F4O2. The second kappa shape index (κ2) is 8.52. The van der Waals surface area contributed by atoms with Crippen molar-refractivity contribution in [3.63, 3.8) is 0 Å². The summed E-state index contributed by atoms with van der Waals surface area (Å²) in [7, 11) is 1.48. The van der Waals surface area contributed by atoms with Crippen molar-refractivity contribution in [3.05, 3.63) is 52.6 Å². The predicted octanol–water partition coefficient (Wildman–Crippen LogP) is 8.13. The van der Waals surface area contributed by atoms with Crippen molar-refractivity contribution in [2.75, 3.05) is 7.11 Å². The fourth-order valence-electron chi connectivity index (χ4n) is 5.83. The molecule has 4 rings (SSSR count). The van der Waals surface area contributed by atoms with Crippen LogP contribution in [-0.2, 0) is 12.8 Å². The lowest BCUT2D eigenvalue weighted by Gasteiger charge is -2.38. The molecule has 0 heterocycles. The second-order valence-electron chi connectivity index (χ2n) is 10.1. The Labute approximate surface area is 193 Å². The smallest absolute Gasteiger partial charge is 0.255 e. The van der Waals surface area contributed by atoms with Gasteiger partial charge in [-0.15, -0.1) is 0 Å². The van der Waals surface area contributed by atoms with Crippen molar-refractivity contribution in [3.8, 4) is 17.2 Å². The first-order valence-corrected chi connectivity index (χ1v) is 11.7. The third-order valence-electron chi connectivity index (χ3n) is 7.17. The van der Waals surface area contributed by atoms with Gasteiger partial charge in [-0.3, -0.25) is 0 Å². The van der Waals surface area contributed by atoms with Crippen LogP contribution in [0, 0.1) is 11.8 Å². The number of methoxy groups -OCH3 is 1. The number of hydrogen-bond donors (Lipinski definition) is 0. The lowest BCUT2D eigenvalue weighted by molar-refractivity contribution is -0.0567. The van der Waals surface area contributed by atoms with Crippen LogP contribution >= 0.6 is 0 Å². The zero-order valence-corrected chi connectivity index (χ0v) is 19.9. The number of rotatable bonds is 5. The van der Waals surface area contributed by atoms with E-state index < -0.39 is 23.7 Å². The summed E-state index contributed by atoms with van der Waals surface area (Å²) in [6.07, 6.45) is -0.0522. The van der Waals surface area contributed by atoms with E-state index in [0.29, 0.717) is 33.9 Å². The fraction of sp³-hybridized carbons (Fsp3) is 0.556. The number of halogens is 4. The van der Waals surface area contributed by atoms with Gasteiger partial charge in [-0.25, -0.2) is 17.6 Å². The SMILES string of the molecule is COc1ccc(Oc2cccc3c2C(C(C)C)C(F)(F)CC3)c2c1C(C(C)C)C(F)(F)CC2. The monoisotopic (exact) mass is 464 g/mol. The summed E-state index contributed by atoms with van der Waals surface area (Å²) in [5.74, 6) is -7.00. The molecular weight excluding hydrogens is 432 g/mol. The first kappa shape index (κ1) is 23.9. The first-order valence-electron chi connectivity index (χ1n) is 11.7. The van der Waals surface area contributed by atoms with Crippen LogP contribution in [0.5, 0.6) is 17.2 Å².